The maximum Gasteiger partial charge on any atom is 0.321 e. The maximum atomic E-state index is 12.2. The molecule has 1 heterocycles. The third-order valence-electron chi connectivity index (χ3n) is 3.92. The Morgan fingerprint density at radius 2 is 2.22 bits per heavy atom. The van der Waals surface area contributed by atoms with Crippen molar-refractivity contribution in [3.8, 4) is 5.75 Å². The van der Waals surface area contributed by atoms with Crippen LogP contribution < -0.4 is 10.1 Å². The van der Waals surface area contributed by atoms with Gasteiger partial charge in [-0.3, -0.25) is 4.79 Å². The second kappa shape index (κ2) is 7.08. The predicted molar refractivity (Wildman–Crippen MR) is 88.2 cm³/mol. The van der Waals surface area contributed by atoms with Gasteiger partial charge in [0.2, 0.25) is 0 Å². The Kier molecular flexibility index (Phi) is 5.36. The Bertz CT molecular complexity index is 608. The molecule has 1 saturated heterocycles. The van der Waals surface area contributed by atoms with Crippen LogP contribution in [0.5, 0.6) is 5.75 Å². The molecule has 1 unspecified atom stereocenters. The monoisotopic (exact) mass is 340 g/mol. The number of carboxylic acid groups (broad SMARTS) is 1. The van der Waals surface area contributed by atoms with Crippen LogP contribution in [0.4, 0.5) is 10.5 Å². The Balaban J connectivity index is 1.98. The number of aliphatic carboxylic acids is 1. The zero-order valence-corrected chi connectivity index (χ0v) is 14.0. The molecule has 1 aliphatic heterocycles. The van der Waals surface area contributed by atoms with Crippen molar-refractivity contribution in [2.45, 2.75) is 26.7 Å². The summed E-state index contributed by atoms with van der Waals surface area (Å²) in [6, 6.07) is 4.71. The van der Waals surface area contributed by atoms with Crippen LogP contribution in [0.2, 0.25) is 5.02 Å². The van der Waals surface area contributed by atoms with Crippen LogP contribution in [-0.4, -0.2) is 41.7 Å². The molecule has 0 bridgehead atoms. The normalized spacial score (nSPS) is 20.4. The number of hydrogen-bond donors (Lipinski definition) is 2. The number of amides is 2. The van der Waals surface area contributed by atoms with Crippen LogP contribution >= 0.6 is 11.6 Å². The first-order valence-corrected chi connectivity index (χ1v) is 7.95. The zero-order chi connectivity index (χ0) is 17.0. The number of nitrogens with one attached hydrogen (secondary N) is 1. The van der Waals surface area contributed by atoms with E-state index in [1.807, 2.05) is 6.92 Å². The minimum absolute atomic E-state index is 0.194. The first kappa shape index (κ1) is 17.4. The van der Waals surface area contributed by atoms with Crippen LogP contribution in [-0.2, 0) is 4.79 Å². The first-order valence-electron chi connectivity index (χ1n) is 7.57. The Morgan fingerprint density at radius 1 is 1.48 bits per heavy atom. The zero-order valence-electron chi connectivity index (χ0n) is 13.3. The van der Waals surface area contributed by atoms with Gasteiger partial charge >= 0.3 is 12.0 Å². The highest BCUT2D eigenvalue weighted by Crippen LogP contribution is 2.31. The van der Waals surface area contributed by atoms with Crippen LogP contribution in [0, 0.1) is 5.41 Å². The van der Waals surface area contributed by atoms with Gasteiger partial charge in [-0.05, 0) is 38.0 Å². The summed E-state index contributed by atoms with van der Waals surface area (Å²) in [6.07, 6.45) is 1.33. The number of carbonyl (C=O) groups is 2. The fraction of sp³-hybridized carbons (Fsp3) is 0.500. The lowest BCUT2D eigenvalue weighted by molar-refractivity contribution is -0.146. The van der Waals surface area contributed by atoms with Gasteiger partial charge in [-0.1, -0.05) is 18.5 Å². The van der Waals surface area contributed by atoms with E-state index in [1.165, 1.54) is 4.90 Å². The lowest BCUT2D eigenvalue weighted by Gasteiger charge is -2.20. The van der Waals surface area contributed by atoms with Crippen LogP contribution in [0.15, 0.2) is 18.2 Å². The van der Waals surface area contributed by atoms with E-state index in [1.54, 1.807) is 25.1 Å². The van der Waals surface area contributed by atoms with E-state index in [-0.39, 0.29) is 12.6 Å². The van der Waals surface area contributed by atoms with Crippen LogP contribution in [0.25, 0.3) is 0 Å². The number of rotatable bonds is 5. The van der Waals surface area contributed by atoms with Gasteiger partial charge in [0, 0.05) is 18.8 Å². The molecule has 0 aliphatic carbocycles. The summed E-state index contributed by atoms with van der Waals surface area (Å²) in [4.78, 5) is 25.0. The largest absolute Gasteiger partial charge is 0.492 e. The molecule has 2 N–H and O–H groups in total. The molecule has 23 heavy (non-hydrogen) atoms. The number of anilines is 1. The second-order valence-corrected chi connectivity index (χ2v) is 6.37. The van der Waals surface area contributed by atoms with Gasteiger partial charge < -0.3 is 20.1 Å². The summed E-state index contributed by atoms with van der Waals surface area (Å²) in [5, 5.41) is 12.4. The highest BCUT2D eigenvalue weighted by molar-refractivity contribution is 6.32. The lowest BCUT2D eigenvalue weighted by Crippen LogP contribution is -2.37. The van der Waals surface area contributed by atoms with E-state index in [2.05, 4.69) is 5.32 Å². The van der Waals surface area contributed by atoms with Gasteiger partial charge in [-0.25, -0.2) is 4.79 Å². The maximum absolute atomic E-state index is 12.2. The van der Waals surface area contributed by atoms with Gasteiger partial charge in [-0.2, -0.15) is 0 Å². The van der Waals surface area contributed by atoms with Crippen LogP contribution in [0.1, 0.15) is 26.7 Å². The molecular formula is C16H21ClN2O4. The topological polar surface area (TPSA) is 78.9 Å². The molecule has 1 fully saturated rings. The molecule has 0 aromatic heterocycles. The third-order valence-corrected chi connectivity index (χ3v) is 4.22. The smallest absolute Gasteiger partial charge is 0.321 e. The number of urea groups is 1. The van der Waals surface area contributed by atoms with E-state index < -0.39 is 11.4 Å². The average Bonchev–Trinajstić information content (AvgIpc) is 2.91. The summed E-state index contributed by atoms with van der Waals surface area (Å²) in [5.74, 6) is -0.306. The van der Waals surface area contributed by atoms with Crippen molar-refractivity contribution in [1.29, 1.82) is 0 Å². The molecule has 126 valence electrons. The molecule has 1 atom stereocenters. The molecule has 1 aromatic rings. The molecule has 0 spiro atoms. The number of likely N-dealkylation sites (tertiary alicyclic amines) is 1. The average molecular weight is 341 g/mol. The minimum atomic E-state index is -0.882. The van der Waals surface area contributed by atoms with Gasteiger partial charge in [-0.15, -0.1) is 0 Å². The molecule has 0 radical (unpaired) electrons. The first-order chi connectivity index (χ1) is 10.9. The van der Waals surface area contributed by atoms with Gasteiger partial charge in [0.15, 0.2) is 0 Å². The number of carbonyl (C=O) groups excluding carboxylic acids is 1. The molecule has 7 heteroatoms. The van der Waals surface area contributed by atoms with E-state index in [0.717, 1.165) is 6.42 Å². The summed E-state index contributed by atoms with van der Waals surface area (Å²) < 4.78 is 5.48. The Labute approximate surface area is 140 Å². The van der Waals surface area contributed by atoms with Crippen molar-refractivity contribution in [3.05, 3.63) is 23.2 Å². The second-order valence-electron chi connectivity index (χ2n) is 5.96. The standard InChI is InChI=1S/C16H21ClN2O4/c1-3-8-23-13-5-4-11(9-12(13)17)18-15(22)19-7-6-16(2,10-19)14(20)21/h4-5,9H,3,6-8,10H2,1-2H3,(H,18,22)(H,20,21). The van der Waals surface area contributed by atoms with Crippen LogP contribution in [0.3, 0.4) is 0 Å². The van der Waals surface area contributed by atoms with Crippen molar-refractivity contribution in [1.82, 2.24) is 4.90 Å². The molecule has 2 amide bonds. The van der Waals surface area contributed by atoms with E-state index in [0.29, 0.717) is 36.0 Å². The molecule has 2 rings (SSSR count). The number of halogens is 1. The predicted octanol–water partition coefficient (Wildman–Crippen LogP) is 3.46. The highest BCUT2D eigenvalue weighted by atomic mass is 35.5. The molecule has 6 nitrogen and oxygen atoms in total. The highest BCUT2D eigenvalue weighted by Gasteiger charge is 2.42. The third kappa shape index (κ3) is 4.07. The minimum Gasteiger partial charge on any atom is -0.492 e. The molecule has 1 aromatic carbocycles. The molecule has 1 aliphatic rings. The number of benzene rings is 1. The summed E-state index contributed by atoms with van der Waals surface area (Å²) in [6.45, 7) is 4.84. The van der Waals surface area contributed by atoms with Gasteiger partial charge in [0.1, 0.15) is 5.75 Å². The lowest BCUT2D eigenvalue weighted by atomic mass is 9.90. The van der Waals surface area contributed by atoms with Crippen molar-refractivity contribution in [3.63, 3.8) is 0 Å². The number of nitrogens with zero attached hydrogens (tertiary/aromatic N) is 1. The van der Waals surface area contributed by atoms with Gasteiger partial charge in [0.25, 0.3) is 0 Å². The van der Waals surface area contributed by atoms with Crippen molar-refractivity contribution in [2.24, 2.45) is 5.41 Å². The summed E-state index contributed by atoms with van der Waals surface area (Å²) >= 11 is 6.13. The SMILES string of the molecule is CCCOc1ccc(NC(=O)N2CCC(C)(C(=O)O)C2)cc1Cl. The summed E-state index contributed by atoms with van der Waals surface area (Å²) in [7, 11) is 0. The van der Waals surface area contributed by atoms with Gasteiger partial charge in [0.05, 0.1) is 17.0 Å². The fourth-order valence-corrected chi connectivity index (χ4v) is 2.65. The van der Waals surface area contributed by atoms with E-state index in [9.17, 15) is 14.7 Å². The van der Waals surface area contributed by atoms with Crippen molar-refractivity contribution in [2.75, 3.05) is 25.0 Å². The van der Waals surface area contributed by atoms with E-state index in [4.69, 9.17) is 16.3 Å². The molecular weight excluding hydrogens is 320 g/mol. The van der Waals surface area contributed by atoms with Crippen molar-refractivity contribution < 1.29 is 19.4 Å². The fourth-order valence-electron chi connectivity index (χ4n) is 2.42. The number of carboxylic acids is 1. The Hall–Kier alpha value is -1.95. The number of hydrogen-bond acceptors (Lipinski definition) is 3. The van der Waals surface area contributed by atoms with E-state index >= 15 is 0 Å². The quantitative estimate of drug-likeness (QED) is 0.860. The number of ether oxygens (including phenoxy) is 1. The molecule has 0 saturated carbocycles. The van der Waals surface area contributed by atoms with Crippen molar-refractivity contribution >= 4 is 29.3 Å². The summed E-state index contributed by atoms with van der Waals surface area (Å²) in [5.41, 5.74) is -0.333. The Morgan fingerprint density at radius 3 is 2.78 bits per heavy atom.